The maximum absolute atomic E-state index is 12.8. The van der Waals surface area contributed by atoms with Crippen LogP contribution >= 0.6 is 0 Å². The van der Waals surface area contributed by atoms with E-state index in [4.69, 9.17) is 14.4 Å². The zero-order chi connectivity index (χ0) is 22.3. The van der Waals surface area contributed by atoms with Gasteiger partial charge in [-0.2, -0.15) is 5.26 Å². The molecule has 1 aromatic heterocycles. The molecule has 2 amide bonds. The number of furan rings is 1. The quantitative estimate of drug-likeness (QED) is 0.543. The number of ether oxygens (including phenoxy) is 1. The molecule has 2 aromatic carbocycles. The Hall–Kier alpha value is -4.05. The number of nitriles is 1. The third kappa shape index (κ3) is 5.76. The molecule has 7 nitrogen and oxygen atoms in total. The number of nitrogens with one attached hydrogen (secondary N) is 2. The standard InChI is InChI=1S/C25H23N3O4/c26-15-18-6-10-20(11-7-18)31-16-21-12-13-23(32-21)25(30)28-22(24(29)27-19-8-9-19)14-17-4-2-1-3-5-17/h1-7,10-13,19,22H,8-9,14,16H2,(H,27,29)(H,28,30). The Labute approximate surface area is 186 Å². The first kappa shape index (κ1) is 21.2. The van der Waals surface area contributed by atoms with Gasteiger partial charge < -0.3 is 19.8 Å². The highest BCUT2D eigenvalue weighted by Gasteiger charge is 2.29. The smallest absolute Gasteiger partial charge is 0.287 e. The van der Waals surface area contributed by atoms with Crippen LogP contribution in [0, 0.1) is 11.3 Å². The first-order valence-electron chi connectivity index (χ1n) is 10.5. The van der Waals surface area contributed by atoms with Crippen LogP contribution < -0.4 is 15.4 Å². The van der Waals surface area contributed by atoms with E-state index >= 15 is 0 Å². The highest BCUT2D eigenvalue weighted by atomic mass is 16.5. The zero-order valence-corrected chi connectivity index (χ0v) is 17.4. The molecular formula is C25H23N3O4. The molecule has 0 spiro atoms. The minimum atomic E-state index is -0.700. The number of nitrogens with zero attached hydrogens (tertiary/aromatic N) is 1. The Kier molecular flexibility index (Phi) is 6.52. The van der Waals surface area contributed by atoms with Crippen molar-refractivity contribution in [2.75, 3.05) is 0 Å². The van der Waals surface area contributed by atoms with Crippen molar-refractivity contribution >= 4 is 11.8 Å². The van der Waals surface area contributed by atoms with Gasteiger partial charge in [0.1, 0.15) is 24.2 Å². The number of amides is 2. The van der Waals surface area contributed by atoms with Crippen LogP contribution in [0.2, 0.25) is 0 Å². The molecule has 32 heavy (non-hydrogen) atoms. The maximum Gasteiger partial charge on any atom is 0.287 e. The van der Waals surface area contributed by atoms with Crippen molar-refractivity contribution in [1.29, 1.82) is 5.26 Å². The van der Waals surface area contributed by atoms with Crippen LogP contribution in [0.4, 0.5) is 0 Å². The molecule has 3 aromatic rings. The molecule has 4 rings (SSSR count). The Morgan fingerprint density at radius 1 is 1.06 bits per heavy atom. The summed E-state index contributed by atoms with van der Waals surface area (Å²) in [4.78, 5) is 25.4. The molecule has 0 bridgehead atoms. The molecule has 1 heterocycles. The van der Waals surface area contributed by atoms with Crippen molar-refractivity contribution in [3.8, 4) is 11.8 Å². The molecule has 0 radical (unpaired) electrons. The molecule has 162 valence electrons. The number of rotatable bonds is 9. The minimum Gasteiger partial charge on any atom is -0.486 e. The van der Waals surface area contributed by atoms with E-state index in [-0.39, 0.29) is 24.3 Å². The summed E-state index contributed by atoms with van der Waals surface area (Å²) in [5.41, 5.74) is 1.50. The lowest BCUT2D eigenvalue weighted by Crippen LogP contribution is -2.48. The monoisotopic (exact) mass is 429 g/mol. The van der Waals surface area contributed by atoms with E-state index < -0.39 is 11.9 Å². The molecule has 1 atom stereocenters. The first-order valence-corrected chi connectivity index (χ1v) is 10.5. The van der Waals surface area contributed by atoms with E-state index in [1.54, 1.807) is 36.4 Å². The van der Waals surface area contributed by atoms with Gasteiger partial charge in [0.25, 0.3) is 5.91 Å². The highest BCUT2D eigenvalue weighted by Crippen LogP contribution is 2.19. The van der Waals surface area contributed by atoms with E-state index in [9.17, 15) is 9.59 Å². The zero-order valence-electron chi connectivity index (χ0n) is 17.4. The topological polar surface area (TPSA) is 104 Å². The fourth-order valence-electron chi connectivity index (χ4n) is 3.18. The van der Waals surface area contributed by atoms with Gasteiger partial charge in [0.2, 0.25) is 5.91 Å². The maximum atomic E-state index is 12.8. The van der Waals surface area contributed by atoms with Crippen LogP contribution in [-0.2, 0) is 17.8 Å². The van der Waals surface area contributed by atoms with Gasteiger partial charge >= 0.3 is 0 Å². The van der Waals surface area contributed by atoms with E-state index in [0.29, 0.717) is 23.5 Å². The lowest BCUT2D eigenvalue weighted by molar-refractivity contribution is -0.123. The first-order chi connectivity index (χ1) is 15.6. The van der Waals surface area contributed by atoms with Crippen molar-refractivity contribution < 1.29 is 18.7 Å². The average molecular weight is 429 g/mol. The van der Waals surface area contributed by atoms with Crippen LogP contribution in [0.5, 0.6) is 5.75 Å². The van der Waals surface area contributed by atoms with E-state index in [1.165, 1.54) is 0 Å². The minimum absolute atomic E-state index is 0.112. The second-order valence-electron chi connectivity index (χ2n) is 7.69. The average Bonchev–Trinajstić information content (AvgIpc) is 3.50. The summed E-state index contributed by atoms with van der Waals surface area (Å²) < 4.78 is 11.2. The van der Waals surface area contributed by atoms with Crippen LogP contribution in [0.3, 0.4) is 0 Å². The van der Waals surface area contributed by atoms with Crippen LogP contribution in [0.15, 0.2) is 71.1 Å². The van der Waals surface area contributed by atoms with Crippen LogP contribution in [0.25, 0.3) is 0 Å². The van der Waals surface area contributed by atoms with Gasteiger partial charge in [-0.05, 0) is 54.8 Å². The number of hydrogen-bond acceptors (Lipinski definition) is 5. The molecule has 1 aliphatic rings. The van der Waals surface area contributed by atoms with Crippen molar-refractivity contribution in [3.63, 3.8) is 0 Å². The summed E-state index contributed by atoms with van der Waals surface area (Å²) in [6, 6.07) is 21.1. The Morgan fingerprint density at radius 2 is 1.81 bits per heavy atom. The van der Waals surface area contributed by atoms with Crippen molar-refractivity contribution in [2.45, 2.75) is 38.0 Å². The van der Waals surface area contributed by atoms with E-state index in [2.05, 4.69) is 10.6 Å². The SMILES string of the molecule is N#Cc1ccc(OCc2ccc(C(=O)NC(Cc3ccccc3)C(=O)NC3CC3)o2)cc1. The Morgan fingerprint density at radius 3 is 2.50 bits per heavy atom. The Bertz CT molecular complexity index is 1110. The summed E-state index contributed by atoms with van der Waals surface area (Å²) in [5, 5.41) is 14.6. The number of carbonyl (C=O) groups is 2. The summed E-state index contributed by atoms with van der Waals surface area (Å²) in [6.07, 6.45) is 2.33. The third-order valence-electron chi connectivity index (χ3n) is 5.08. The van der Waals surface area contributed by atoms with Gasteiger partial charge in [-0.3, -0.25) is 9.59 Å². The van der Waals surface area contributed by atoms with E-state index in [0.717, 1.165) is 18.4 Å². The predicted molar refractivity (Wildman–Crippen MR) is 117 cm³/mol. The molecule has 1 saturated carbocycles. The number of benzene rings is 2. The number of carbonyl (C=O) groups excluding carboxylic acids is 2. The van der Waals surface area contributed by atoms with Gasteiger partial charge in [-0.15, -0.1) is 0 Å². The largest absolute Gasteiger partial charge is 0.486 e. The summed E-state index contributed by atoms with van der Waals surface area (Å²) in [7, 11) is 0. The van der Waals surface area contributed by atoms with Crippen molar-refractivity contribution in [3.05, 3.63) is 89.4 Å². The molecule has 0 aliphatic heterocycles. The summed E-state index contributed by atoms with van der Waals surface area (Å²) in [5.74, 6) is 0.524. The van der Waals surface area contributed by atoms with Crippen molar-refractivity contribution in [1.82, 2.24) is 10.6 Å². The number of hydrogen-bond donors (Lipinski definition) is 2. The second-order valence-corrected chi connectivity index (χ2v) is 7.69. The van der Waals surface area contributed by atoms with Gasteiger partial charge in [-0.25, -0.2) is 0 Å². The molecule has 1 fully saturated rings. The van der Waals surface area contributed by atoms with Gasteiger partial charge in [-0.1, -0.05) is 30.3 Å². The van der Waals surface area contributed by atoms with Gasteiger partial charge in [0, 0.05) is 12.5 Å². The van der Waals surface area contributed by atoms with Crippen molar-refractivity contribution in [2.24, 2.45) is 0 Å². The second kappa shape index (κ2) is 9.84. The molecule has 7 heteroatoms. The van der Waals surface area contributed by atoms with Gasteiger partial charge in [0.15, 0.2) is 5.76 Å². The molecule has 1 unspecified atom stereocenters. The van der Waals surface area contributed by atoms with Gasteiger partial charge in [0.05, 0.1) is 11.6 Å². The molecule has 0 saturated heterocycles. The highest BCUT2D eigenvalue weighted by molar-refractivity contribution is 5.95. The normalized spacial score (nSPS) is 13.6. The third-order valence-corrected chi connectivity index (χ3v) is 5.08. The van der Waals surface area contributed by atoms with Crippen LogP contribution in [-0.4, -0.2) is 23.9 Å². The Balaban J connectivity index is 1.37. The molecule has 2 N–H and O–H groups in total. The van der Waals surface area contributed by atoms with Crippen LogP contribution in [0.1, 0.15) is 40.3 Å². The lowest BCUT2D eigenvalue weighted by Gasteiger charge is -2.18. The summed E-state index contributed by atoms with van der Waals surface area (Å²) >= 11 is 0. The fourth-order valence-corrected chi connectivity index (χ4v) is 3.18. The predicted octanol–water partition coefficient (Wildman–Crippen LogP) is 3.35. The summed E-state index contributed by atoms with van der Waals surface area (Å²) in [6.45, 7) is 0.134. The fraction of sp³-hybridized carbons (Fsp3) is 0.240. The molecule has 1 aliphatic carbocycles. The van der Waals surface area contributed by atoms with E-state index in [1.807, 2.05) is 36.4 Å². The molecular weight excluding hydrogens is 406 g/mol. The lowest BCUT2D eigenvalue weighted by atomic mass is 10.1.